The van der Waals surface area contributed by atoms with Crippen LogP contribution in [0.25, 0.3) is 0 Å². The smallest absolute Gasteiger partial charge is 0.129 e. The van der Waals surface area contributed by atoms with Gasteiger partial charge < -0.3 is 14.7 Å². The Labute approximate surface area is 118 Å². The number of aliphatic hydroxyl groups excluding tert-OH is 1. The van der Waals surface area contributed by atoms with Gasteiger partial charge in [-0.2, -0.15) is 0 Å². The van der Waals surface area contributed by atoms with Gasteiger partial charge in [-0.3, -0.25) is 0 Å². The molecule has 1 atom stereocenters. The number of hydrogen-bond donors (Lipinski definition) is 1. The SMILES string of the molecule is CCOC1CCN(CC(O)c2cc(F)ccc2F)CC1. The number of ether oxygens (including phenoxy) is 1. The van der Waals surface area contributed by atoms with Crippen LogP contribution in [-0.4, -0.2) is 42.4 Å². The van der Waals surface area contributed by atoms with E-state index in [1.54, 1.807) is 0 Å². The average molecular weight is 285 g/mol. The first-order valence-electron chi connectivity index (χ1n) is 7.07. The Balaban J connectivity index is 1.89. The van der Waals surface area contributed by atoms with Crippen LogP contribution in [0.4, 0.5) is 8.78 Å². The topological polar surface area (TPSA) is 32.7 Å². The Kier molecular flexibility index (Phi) is 5.46. The maximum Gasteiger partial charge on any atom is 0.129 e. The molecule has 1 aromatic carbocycles. The zero-order valence-electron chi connectivity index (χ0n) is 11.7. The normalized spacial score (nSPS) is 19.2. The van der Waals surface area contributed by atoms with Gasteiger partial charge in [0.2, 0.25) is 0 Å². The minimum atomic E-state index is -1.01. The summed E-state index contributed by atoms with van der Waals surface area (Å²) in [5.41, 5.74) is 0.0249. The quantitative estimate of drug-likeness (QED) is 0.902. The number of likely N-dealkylation sites (tertiary alicyclic amines) is 1. The van der Waals surface area contributed by atoms with Gasteiger partial charge in [0, 0.05) is 31.8 Å². The lowest BCUT2D eigenvalue weighted by Gasteiger charge is -2.33. The molecule has 0 aromatic heterocycles. The molecule has 112 valence electrons. The minimum Gasteiger partial charge on any atom is -0.387 e. The molecule has 2 rings (SSSR count). The van der Waals surface area contributed by atoms with Crippen LogP contribution in [0.15, 0.2) is 18.2 Å². The summed E-state index contributed by atoms with van der Waals surface area (Å²) in [6.45, 7) is 4.61. The Morgan fingerprint density at radius 1 is 1.35 bits per heavy atom. The minimum absolute atomic E-state index is 0.0249. The standard InChI is InChI=1S/C15H21F2NO2/c1-2-20-12-5-7-18(8-6-12)10-15(19)13-9-11(16)3-4-14(13)17/h3-4,9,12,15,19H,2,5-8,10H2,1H3. The van der Waals surface area contributed by atoms with Crippen molar-refractivity contribution in [1.82, 2.24) is 4.90 Å². The van der Waals surface area contributed by atoms with Gasteiger partial charge in [-0.05, 0) is 38.0 Å². The van der Waals surface area contributed by atoms with Crippen LogP contribution in [0.2, 0.25) is 0 Å². The maximum atomic E-state index is 13.6. The Hall–Kier alpha value is -1.04. The largest absolute Gasteiger partial charge is 0.387 e. The molecular weight excluding hydrogens is 264 g/mol. The predicted molar refractivity (Wildman–Crippen MR) is 72.4 cm³/mol. The second kappa shape index (κ2) is 7.11. The number of hydrogen-bond acceptors (Lipinski definition) is 3. The van der Waals surface area contributed by atoms with Gasteiger partial charge in [0.05, 0.1) is 12.2 Å². The van der Waals surface area contributed by atoms with E-state index in [1.165, 1.54) is 0 Å². The molecule has 1 unspecified atom stereocenters. The summed E-state index contributed by atoms with van der Waals surface area (Å²) in [5, 5.41) is 10.1. The highest BCUT2D eigenvalue weighted by Gasteiger charge is 2.23. The first-order valence-corrected chi connectivity index (χ1v) is 7.07. The van der Waals surface area contributed by atoms with E-state index in [1.807, 2.05) is 6.92 Å². The van der Waals surface area contributed by atoms with Crippen molar-refractivity contribution >= 4 is 0 Å². The van der Waals surface area contributed by atoms with Gasteiger partial charge >= 0.3 is 0 Å². The molecule has 20 heavy (non-hydrogen) atoms. The van der Waals surface area contributed by atoms with E-state index in [0.717, 1.165) is 44.1 Å². The van der Waals surface area contributed by atoms with E-state index in [9.17, 15) is 13.9 Å². The van der Waals surface area contributed by atoms with E-state index in [2.05, 4.69) is 4.90 Å². The fourth-order valence-electron chi connectivity index (χ4n) is 2.61. The van der Waals surface area contributed by atoms with E-state index >= 15 is 0 Å². The fourth-order valence-corrected chi connectivity index (χ4v) is 2.61. The summed E-state index contributed by atoms with van der Waals surface area (Å²) in [6, 6.07) is 3.17. The third-order valence-electron chi connectivity index (χ3n) is 3.69. The summed E-state index contributed by atoms with van der Waals surface area (Å²) in [7, 11) is 0. The van der Waals surface area contributed by atoms with Crippen molar-refractivity contribution in [3.63, 3.8) is 0 Å². The van der Waals surface area contributed by atoms with Gasteiger partial charge in [-0.1, -0.05) is 0 Å². The second-order valence-electron chi connectivity index (χ2n) is 5.14. The molecule has 1 aliphatic heterocycles. The van der Waals surface area contributed by atoms with Crippen LogP contribution in [0.1, 0.15) is 31.4 Å². The van der Waals surface area contributed by atoms with Crippen LogP contribution in [-0.2, 0) is 4.74 Å². The van der Waals surface area contributed by atoms with E-state index in [4.69, 9.17) is 4.74 Å². The number of piperidine rings is 1. The summed E-state index contributed by atoms with van der Waals surface area (Å²) in [4.78, 5) is 2.06. The van der Waals surface area contributed by atoms with Crippen LogP contribution in [0, 0.1) is 11.6 Å². The van der Waals surface area contributed by atoms with Crippen molar-refractivity contribution in [2.24, 2.45) is 0 Å². The number of halogens is 2. The molecule has 1 saturated heterocycles. The highest BCUT2D eigenvalue weighted by Crippen LogP contribution is 2.21. The third kappa shape index (κ3) is 3.98. The van der Waals surface area contributed by atoms with Crippen LogP contribution >= 0.6 is 0 Å². The zero-order valence-corrected chi connectivity index (χ0v) is 11.7. The van der Waals surface area contributed by atoms with Gasteiger partial charge in [0.15, 0.2) is 0 Å². The lowest BCUT2D eigenvalue weighted by Crippen LogP contribution is -2.39. The van der Waals surface area contributed by atoms with Crippen molar-refractivity contribution in [2.75, 3.05) is 26.2 Å². The maximum absolute atomic E-state index is 13.6. The predicted octanol–water partition coefficient (Wildman–Crippen LogP) is 2.50. The van der Waals surface area contributed by atoms with Crippen molar-refractivity contribution in [2.45, 2.75) is 32.0 Å². The molecule has 0 bridgehead atoms. The van der Waals surface area contributed by atoms with E-state index in [-0.39, 0.29) is 11.7 Å². The molecule has 1 aliphatic rings. The number of aliphatic hydroxyl groups is 1. The van der Waals surface area contributed by atoms with Gasteiger partial charge in [-0.25, -0.2) is 8.78 Å². The number of nitrogens with zero attached hydrogens (tertiary/aromatic N) is 1. The second-order valence-corrected chi connectivity index (χ2v) is 5.14. The number of β-amino-alcohol motifs (C(OH)–C–C–N with tert-alkyl or cyclic N) is 1. The summed E-state index contributed by atoms with van der Waals surface area (Å²) in [5.74, 6) is -1.10. The first kappa shape index (κ1) is 15.4. The highest BCUT2D eigenvalue weighted by atomic mass is 19.1. The molecule has 0 radical (unpaired) electrons. The Morgan fingerprint density at radius 3 is 2.70 bits per heavy atom. The molecule has 1 heterocycles. The van der Waals surface area contributed by atoms with Crippen molar-refractivity contribution in [3.8, 4) is 0 Å². The average Bonchev–Trinajstić information content (AvgIpc) is 2.44. The third-order valence-corrected chi connectivity index (χ3v) is 3.69. The summed E-state index contributed by atoms with van der Waals surface area (Å²) in [6.07, 6.45) is 1.09. The van der Waals surface area contributed by atoms with Gasteiger partial charge in [0.1, 0.15) is 11.6 Å². The monoisotopic (exact) mass is 285 g/mol. The van der Waals surface area contributed by atoms with E-state index in [0.29, 0.717) is 13.2 Å². The number of benzene rings is 1. The van der Waals surface area contributed by atoms with Crippen molar-refractivity contribution in [3.05, 3.63) is 35.4 Å². The van der Waals surface area contributed by atoms with Gasteiger partial charge in [0.25, 0.3) is 0 Å². The van der Waals surface area contributed by atoms with E-state index < -0.39 is 17.7 Å². The van der Waals surface area contributed by atoms with Crippen LogP contribution in [0.5, 0.6) is 0 Å². The summed E-state index contributed by atoms with van der Waals surface area (Å²) < 4.78 is 32.2. The Morgan fingerprint density at radius 2 is 2.05 bits per heavy atom. The first-order chi connectivity index (χ1) is 9.60. The molecule has 3 nitrogen and oxygen atoms in total. The highest BCUT2D eigenvalue weighted by molar-refractivity contribution is 5.21. The Bertz CT molecular complexity index is 434. The summed E-state index contributed by atoms with van der Waals surface area (Å²) >= 11 is 0. The molecule has 1 fully saturated rings. The van der Waals surface area contributed by atoms with Crippen LogP contribution in [0.3, 0.4) is 0 Å². The molecule has 0 saturated carbocycles. The number of rotatable bonds is 5. The fraction of sp³-hybridized carbons (Fsp3) is 0.600. The van der Waals surface area contributed by atoms with Crippen molar-refractivity contribution in [1.29, 1.82) is 0 Å². The van der Waals surface area contributed by atoms with Gasteiger partial charge in [-0.15, -0.1) is 0 Å². The molecule has 5 heteroatoms. The lowest BCUT2D eigenvalue weighted by atomic mass is 10.0. The molecule has 0 aliphatic carbocycles. The zero-order chi connectivity index (χ0) is 14.5. The van der Waals surface area contributed by atoms with Crippen molar-refractivity contribution < 1.29 is 18.6 Å². The van der Waals surface area contributed by atoms with Crippen LogP contribution < -0.4 is 0 Å². The molecule has 1 N–H and O–H groups in total. The molecule has 1 aromatic rings. The molecule has 0 amide bonds. The molecule has 0 spiro atoms. The molecular formula is C15H21F2NO2. The lowest BCUT2D eigenvalue weighted by molar-refractivity contribution is 0.00292.